The van der Waals surface area contributed by atoms with Crippen LogP contribution in [-0.2, 0) is 13.0 Å². The molecule has 7 nitrogen and oxygen atoms in total. The number of aromatic amines is 2. The quantitative estimate of drug-likeness (QED) is 0.717. The van der Waals surface area contributed by atoms with Crippen LogP contribution in [0.25, 0.3) is 11.4 Å². The highest BCUT2D eigenvalue weighted by molar-refractivity contribution is 5.99. The molecule has 0 bridgehead atoms. The number of imidazole rings is 1. The molecule has 3 aromatic rings. The van der Waals surface area contributed by atoms with Crippen molar-refractivity contribution >= 4 is 11.7 Å². The van der Waals surface area contributed by atoms with Crippen LogP contribution in [-0.4, -0.2) is 43.3 Å². The van der Waals surface area contributed by atoms with Gasteiger partial charge in [0.2, 0.25) is 0 Å². The topological polar surface area (TPSA) is 94.7 Å². The van der Waals surface area contributed by atoms with E-state index in [9.17, 15) is 9.59 Å². The number of hydrogen-bond donors (Lipinski definition) is 2. The number of carbonyl (C=O) groups excluding carboxylic acids is 2. The summed E-state index contributed by atoms with van der Waals surface area (Å²) < 4.78 is 0. The van der Waals surface area contributed by atoms with E-state index in [1.807, 2.05) is 0 Å². The molecule has 4 rings (SSSR count). The summed E-state index contributed by atoms with van der Waals surface area (Å²) in [5, 5.41) is 6.70. The molecule has 0 aliphatic carbocycles. The van der Waals surface area contributed by atoms with Crippen LogP contribution in [0.1, 0.15) is 39.0 Å². The van der Waals surface area contributed by atoms with E-state index in [2.05, 4.69) is 20.2 Å². The van der Waals surface area contributed by atoms with Gasteiger partial charge in [-0.05, 0) is 19.1 Å². The summed E-state index contributed by atoms with van der Waals surface area (Å²) >= 11 is 0. The van der Waals surface area contributed by atoms with Crippen molar-refractivity contribution in [3.63, 3.8) is 0 Å². The molecule has 1 aromatic carbocycles. The van der Waals surface area contributed by atoms with Crippen LogP contribution in [0.4, 0.5) is 0 Å². The van der Waals surface area contributed by atoms with Crippen LogP contribution >= 0.6 is 0 Å². The van der Waals surface area contributed by atoms with Crippen LogP contribution in [0, 0.1) is 0 Å². The number of nitrogens with one attached hydrogen (secondary N) is 2. The maximum Gasteiger partial charge on any atom is 0.254 e. The van der Waals surface area contributed by atoms with E-state index in [0.717, 1.165) is 22.8 Å². The van der Waals surface area contributed by atoms with E-state index in [-0.39, 0.29) is 11.7 Å². The molecule has 0 saturated heterocycles. The number of ketones is 1. The Morgan fingerprint density at radius 3 is 2.84 bits per heavy atom. The average molecular weight is 335 g/mol. The molecule has 2 N–H and O–H groups in total. The predicted molar refractivity (Wildman–Crippen MR) is 91.1 cm³/mol. The molecule has 1 amide bonds. The van der Waals surface area contributed by atoms with Crippen LogP contribution in [0.5, 0.6) is 0 Å². The Morgan fingerprint density at radius 1 is 1.24 bits per heavy atom. The zero-order valence-corrected chi connectivity index (χ0v) is 13.7. The van der Waals surface area contributed by atoms with Crippen molar-refractivity contribution in [1.82, 2.24) is 25.1 Å². The third kappa shape index (κ3) is 2.84. The van der Waals surface area contributed by atoms with Gasteiger partial charge in [-0.3, -0.25) is 14.7 Å². The third-order valence-corrected chi connectivity index (χ3v) is 4.41. The Bertz CT molecular complexity index is 942. The van der Waals surface area contributed by atoms with Gasteiger partial charge in [0.15, 0.2) is 5.78 Å². The Morgan fingerprint density at radius 2 is 2.08 bits per heavy atom. The highest BCUT2D eigenvalue weighted by atomic mass is 16.2. The second-order valence-corrected chi connectivity index (χ2v) is 6.11. The number of Topliss-reactive ketones (excluding diaryl/α,β-unsaturated/α-hetero) is 1. The Hall–Kier alpha value is -3.22. The normalized spacial score (nSPS) is 13.6. The first-order chi connectivity index (χ1) is 12.1. The van der Waals surface area contributed by atoms with E-state index < -0.39 is 0 Å². The van der Waals surface area contributed by atoms with Gasteiger partial charge in [-0.1, -0.05) is 12.1 Å². The minimum atomic E-state index is -0.0757. The minimum absolute atomic E-state index is 0.0473. The molecule has 1 aliphatic heterocycles. The number of benzene rings is 1. The number of aromatic nitrogens is 4. The van der Waals surface area contributed by atoms with Crippen LogP contribution in [0.15, 0.2) is 36.7 Å². The second-order valence-electron chi connectivity index (χ2n) is 6.11. The molecular formula is C18H17N5O2. The van der Waals surface area contributed by atoms with Gasteiger partial charge >= 0.3 is 0 Å². The van der Waals surface area contributed by atoms with Gasteiger partial charge in [-0.25, -0.2) is 4.98 Å². The first-order valence-electron chi connectivity index (χ1n) is 8.09. The molecule has 3 heterocycles. The van der Waals surface area contributed by atoms with Crippen molar-refractivity contribution < 1.29 is 9.59 Å². The summed E-state index contributed by atoms with van der Waals surface area (Å²) in [7, 11) is 0. The van der Waals surface area contributed by atoms with E-state index >= 15 is 0 Å². The summed E-state index contributed by atoms with van der Waals surface area (Å²) in [6, 6.07) is 6.87. The van der Waals surface area contributed by atoms with Crippen molar-refractivity contribution in [3.05, 3.63) is 59.2 Å². The monoisotopic (exact) mass is 335 g/mol. The van der Waals surface area contributed by atoms with Gasteiger partial charge in [-0.2, -0.15) is 5.10 Å². The van der Waals surface area contributed by atoms with Gasteiger partial charge < -0.3 is 9.88 Å². The summed E-state index contributed by atoms with van der Waals surface area (Å²) in [6.45, 7) is 2.58. The maximum atomic E-state index is 12.8. The lowest BCUT2D eigenvalue weighted by atomic mass is 10.1. The molecule has 0 unspecified atom stereocenters. The van der Waals surface area contributed by atoms with E-state index in [0.29, 0.717) is 30.6 Å². The fourth-order valence-electron chi connectivity index (χ4n) is 3.04. The highest BCUT2D eigenvalue weighted by Crippen LogP contribution is 2.23. The number of hydrogen-bond acceptors (Lipinski definition) is 4. The first-order valence-corrected chi connectivity index (χ1v) is 8.09. The van der Waals surface area contributed by atoms with E-state index in [1.54, 1.807) is 41.6 Å². The first kappa shape index (κ1) is 15.3. The largest absolute Gasteiger partial charge is 0.340 e. The summed E-state index contributed by atoms with van der Waals surface area (Å²) in [4.78, 5) is 34.0. The summed E-state index contributed by atoms with van der Waals surface area (Å²) in [6.07, 6.45) is 4.18. The second kappa shape index (κ2) is 6.01. The van der Waals surface area contributed by atoms with Gasteiger partial charge in [-0.15, -0.1) is 0 Å². The zero-order chi connectivity index (χ0) is 17.4. The molecule has 0 atom stereocenters. The molecule has 0 saturated carbocycles. The summed E-state index contributed by atoms with van der Waals surface area (Å²) in [5.41, 5.74) is 3.90. The number of fused-ring (bicyclic) bond motifs is 1. The lowest BCUT2D eigenvalue weighted by molar-refractivity contribution is 0.0732. The van der Waals surface area contributed by atoms with Crippen LogP contribution in [0.3, 0.4) is 0 Å². The fourth-order valence-corrected chi connectivity index (χ4v) is 3.04. The smallest absolute Gasteiger partial charge is 0.254 e. The van der Waals surface area contributed by atoms with Gasteiger partial charge in [0.25, 0.3) is 5.91 Å². The van der Waals surface area contributed by atoms with Gasteiger partial charge in [0.1, 0.15) is 5.82 Å². The molecule has 0 spiro atoms. The zero-order valence-electron chi connectivity index (χ0n) is 13.7. The molecule has 1 aliphatic rings. The molecule has 2 aromatic heterocycles. The number of amides is 1. The highest BCUT2D eigenvalue weighted by Gasteiger charge is 2.25. The molecule has 7 heteroatoms. The van der Waals surface area contributed by atoms with E-state index in [4.69, 9.17) is 0 Å². The molecular weight excluding hydrogens is 318 g/mol. The number of H-pyrrole nitrogens is 2. The molecule has 0 fully saturated rings. The SMILES string of the molecule is CC(=O)c1cccc(C(=O)N2CCc3nc(-c4cn[nH]c4)[nH]c3C2)c1. The minimum Gasteiger partial charge on any atom is -0.340 e. The average Bonchev–Trinajstić information content (AvgIpc) is 3.29. The number of rotatable bonds is 3. The van der Waals surface area contributed by atoms with Crippen molar-refractivity contribution in [3.8, 4) is 11.4 Å². The Balaban J connectivity index is 1.57. The maximum absolute atomic E-state index is 12.8. The summed E-state index contributed by atoms with van der Waals surface area (Å²) in [5.74, 6) is 0.633. The predicted octanol–water partition coefficient (Wildman–Crippen LogP) is 2.20. The van der Waals surface area contributed by atoms with Crippen LogP contribution in [0.2, 0.25) is 0 Å². The standard InChI is InChI=1S/C18H17N5O2/c1-11(24)12-3-2-4-13(7-12)18(25)23-6-5-15-16(10-23)22-17(21-15)14-8-19-20-9-14/h2-4,7-9H,5-6,10H2,1H3,(H,19,20)(H,21,22). The lowest BCUT2D eigenvalue weighted by Crippen LogP contribution is -2.36. The van der Waals surface area contributed by atoms with Gasteiger partial charge in [0.05, 0.1) is 29.7 Å². The Labute approximate surface area is 144 Å². The number of nitrogens with zero attached hydrogens (tertiary/aromatic N) is 3. The van der Waals surface area contributed by atoms with Crippen molar-refractivity contribution in [2.45, 2.75) is 19.9 Å². The van der Waals surface area contributed by atoms with Crippen molar-refractivity contribution in [2.75, 3.05) is 6.54 Å². The molecule has 126 valence electrons. The fraction of sp³-hybridized carbons (Fsp3) is 0.222. The van der Waals surface area contributed by atoms with Crippen molar-refractivity contribution in [1.29, 1.82) is 0 Å². The van der Waals surface area contributed by atoms with Gasteiger partial charge in [0, 0.05) is 30.3 Å². The van der Waals surface area contributed by atoms with Crippen molar-refractivity contribution in [2.24, 2.45) is 0 Å². The Kier molecular flexibility index (Phi) is 3.68. The molecule has 25 heavy (non-hydrogen) atoms. The molecule has 0 radical (unpaired) electrons. The number of carbonyl (C=O) groups is 2. The third-order valence-electron chi connectivity index (χ3n) is 4.41. The van der Waals surface area contributed by atoms with Crippen LogP contribution < -0.4 is 0 Å². The lowest BCUT2D eigenvalue weighted by Gasteiger charge is -2.26. The van der Waals surface area contributed by atoms with E-state index in [1.165, 1.54) is 6.92 Å².